The van der Waals surface area contributed by atoms with Gasteiger partial charge in [-0.25, -0.2) is 0 Å². The van der Waals surface area contributed by atoms with Crippen LogP contribution in [0.15, 0.2) is 126 Å². The van der Waals surface area contributed by atoms with E-state index in [2.05, 4.69) is 95.2 Å². The number of aromatic nitrogens is 2. The van der Waals surface area contributed by atoms with Crippen LogP contribution in [0.1, 0.15) is 37.7 Å². The van der Waals surface area contributed by atoms with Crippen LogP contribution in [-0.2, 0) is 26.5 Å². The summed E-state index contributed by atoms with van der Waals surface area (Å²) in [5.41, 5.74) is 9.60. The van der Waals surface area contributed by atoms with Gasteiger partial charge in [-0.15, -0.1) is 18.2 Å². The summed E-state index contributed by atoms with van der Waals surface area (Å²) < 4.78 is 7.82. The molecule has 1 aliphatic rings. The van der Waals surface area contributed by atoms with Crippen LogP contribution in [0.25, 0.3) is 55.6 Å². The molecule has 1 fully saturated rings. The predicted octanol–water partition coefficient (Wildman–Crippen LogP) is 11.3. The van der Waals surface area contributed by atoms with Crippen molar-refractivity contribution in [3.63, 3.8) is 0 Å². The maximum atomic E-state index is 6.23. The maximum absolute atomic E-state index is 6.23. The summed E-state index contributed by atoms with van der Waals surface area (Å²) in [4.78, 5) is 9.23. The first-order valence-corrected chi connectivity index (χ1v) is 24.6. The van der Waals surface area contributed by atoms with Gasteiger partial charge in [0, 0.05) is 31.7 Å². The van der Waals surface area contributed by atoms with Gasteiger partial charge in [-0.3, -0.25) is 0 Å². The number of furan rings is 1. The number of benzene rings is 4. The molecule has 1 saturated carbocycles. The van der Waals surface area contributed by atoms with Crippen molar-refractivity contribution in [2.24, 2.45) is 5.92 Å². The Labute approximate surface area is 306 Å². The van der Waals surface area contributed by atoms with E-state index in [0.717, 1.165) is 55.9 Å². The van der Waals surface area contributed by atoms with Crippen molar-refractivity contribution >= 4 is 39.6 Å². The molecule has 1 aliphatic carbocycles. The maximum Gasteiger partial charge on any atom is 0.121 e. The van der Waals surface area contributed by atoms with Crippen molar-refractivity contribution in [1.29, 1.82) is 0 Å². The molecular formula is C44H42GeIrN2O-2. The molecule has 249 valence electrons. The van der Waals surface area contributed by atoms with E-state index >= 15 is 0 Å². The Hall–Kier alpha value is -3.83. The van der Waals surface area contributed by atoms with Gasteiger partial charge in [0.25, 0.3) is 0 Å². The van der Waals surface area contributed by atoms with Gasteiger partial charge in [0.2, 0.25) is 0 Å². The first-order valence-electron chi connectivity index (χ1n) is 17.2. The quantitative estimate of drug-likeness (QED) is 0.123. The minimum absolute atomic E-state index is 0. The molecule has 8 rings (SSSR count). The van der Waals surface area contributed by atoms with E-state index < -0.39 is 13.3 Å². The third kappa shape index (κ3) is 8.15. The molecule has 3 aromatic heterocycles. The molecule has 49 heavy (non-hydrogen) atoms. The minimum Gasteiger partial charge on any atom is -0.501 e. The second-order valence-electron chi connectivity index (χ2n) is 14.0. The summed E-state index contributed by atoms with van der Waals surface area (Å²) in [6, 6.07) is 43.7. The SMILES string of the molecule is [CH3][Ge]([CH3])([CH3])[c]1cnc(-c2[c-]cccc2)cc1CC1CCCCC1.[Ir].[c-]1ccc2c(oc3cc(-c4ccccc4)ccc32)c1-c1ccccn1. The zero-order valence-corrected chi connectivity index (χ0v) is 33.0. The van der Waals surface area contributed by atoms with Gasteiger partial charge >= 0.3 is 144 Å². The Morgan fingerprint density at radius 1 is 0.714 bits per heavy atom. The van der Waals surface area contributed by atoms with E-state index in [1.54, 1.807) is 16.2 Å². The largest absolute Gasteiger partial charge is 0.501 e. The Kier molecular flexibility index (Phi) is 11.3. The normalized spacial score (nSPS) is 13.4. The van der Waals surface area contributed by atoms with Crippen LogP contribution in [-0.4, -0.2) is 23.2 Å². The van der Waals surface area contributed by atoms with Gasteiger partial charge in [-0.2, -0.15) is 0 Å². The van der Waals surface area contributed by atoms with Crippen LogP contribution in [0.4, 0.5) is 0 Å². The zero-order chi connectivity index (χ0) is 32.9. The zero-order valence-electron chi connectivity index (χ0n) is 28.5. The second kappa shape index (κ2) is 15.8. The molecule has 0 amide bonds. The summed E-state index contributed by atoms with van der Waals surface area (Å²) in [5.74, 6) is 8.32. The van der Waals surface area contributed by atoms with Crippen molar-refractivity contribution < 1.29 is 24.5 Å². The van der Waals surface area contributed by atoms with E-state index in [-0.39, 0.29) is 20.1 Å². The number of fused-ring (bicyclic) bond motifs is 3. The van der Waals surface area contributed by atoms with Gasteiger partial charge in [0.1, 0.15) is 5.58 Å². The average Bonchev–Trinajstić information content (AvgIpc) is 3.51. The molecule has 0 spiro atoms. The van der Waals surface area contributed by atoms with Gasteiger partial charge in [-0.1, -0.05) is 65.5 Å². The van der Waals surface area contributed by atoms with Crippen LogP contribution in [0.5, 0.6) is 0 Å². The number of rotatable bonds is 6. The van der Waals surface area contributed by atoms with Crippen molar-refractivity contribution in [2.75, 3.05) is 0 Å². The fourth-order valence-electron chi connectivity index (χ4n) is 7.00. The molecule has 3 nitrogen and oxygen atoms in total. The number of pyridine rings is 2. The fourth-order valence-corrected chi connectivity index (χ4v) is 10.3. The van der Waals surface area contributed by atoms with Gasteiger partial charge in [-0.05, 0) is 29.0 Å². The summed E-state index contributed by atoms with van der Waals surface area (Å²) in [6.45, 7) is 0. The number of hydrogen-bond acceptors (Lipinski definition) is 3. The summed E-state index contributed by atoms with van der Waals surface area (Å²) in [6.07, 6.45) is 12.3. The molecule has 0 unspecified atom stereocenters. The molecular weight excluding hydrogens is 837 g/mol. The molecule has 3 heterocycles. The topological polar surface area (TPSA) is 38.9 Å². The molecule has 0 bridgehead atoms. The average molecular weight is 880 g/mol. The van der Waals surface area contributed by atoms with E-state index in [4.69, 9.17) is 9.40 Å². The number of hydrogen-bond donors (Lipinski definition) is 0. The monoisotopic (exact) mass is 881 g/mol. The van der Waals surface area contributed by atoms with Crippen LogP contribution >= 0.6 is 0 Å². The minimum atomic E-state index is -1.89. The van der Waals surface area contributed by atoms with E-state index in [1.807, 2.05) is 54.6 Å². The smallest absolute Gasteiger partial charge is 0.121 e. The third-order valence-electron chi connectivity index (χ3n) is 9.48. The Morgan fingerprint density at radius 3 is 2.24 bits per heavy atom. The third-order valence-corrected chi connectivity index (χ3v) is 13.8. The fraction of sp³-hybridized carbons (Fsp3) is 0.227. The molecule has 0 saturated heterocycles. The first-order chi connectivity index (χ1) is 23.4. The first kappa shape index (κ1) is 35.0. The Balaban J connectivity index is 0.000000167. The van der Waals surface area contributed by atoms with Gasteiger partial charge < -0.3 is 9.40 Å². The summed E-state index contributed by atoms with van der Waals surface area (Å²) >= 11 is -1.89. The van der Waals surface area contributed by atoms with E-state index in [1.165, 1.54) is 44.1 Å². The summed E-state index contributed by atoms with van der Waals surface area (Å²) in [5, 5.41) is 2.20. The van der Waals surface area contributed by atoms with E-state index in [9.17, 15) is 0 Å². The van der Waals surface area contributed by atoms with Crippen molar-refractivity contribution in [1.82, 2.24) is 9.97 Å². The molecule has 0 atom stereocenters. The Bertz CT molecular complexity index is 2120. The van der Waals surface area contributed by atoms with Gasteiger partial charge in [0.05, 0.1) is 5.58 Å². The van der Waals surface area contributed by atoms with Crippen molar-refractivity contribution in [2.45, 2.75) is 55.8 Å². The Morgan fingerprint density at radius 2 is 1.51 bits per heavy atom. The van der Waals surface area contributed by atoms with Gasteiger partial charge in [0.15, 0.2) is 0 Å². The van der Waals surface area contributed by atoms with Crippen LogP contribution < -0.4 is 4.40 Å². The molecule has 5 heteroatoms. The molecule has 0 N–H and O–H groups in total. The molecule has 4 aromatic carbocycles. The predicted molar refractivity (Wildman–Crippen MR) is 203 cm³/mol. The van der Waals surface area contributed by atoms with Crippen LogP contribution in [0.3, 0.4) is 0 Å². The standard InChI is InChI=1S/C23H14NO.C21H28GeN.Ir/c1-2-7-16(8-3-1)17-12-13-18-19-9-6-10-20(21-11-4-5-14-24-21)23(19)25-22(18)15-17;1-22(2,3)20-16-23-21(18-12-8-5-9-13-18)15-19(20)14-17-10-6-4-7-11-17;/h1-9,11-15H;5,8-9,12,15-17H,4,6-7,10-11,14H2,1-3H3;/q2*-1;. The number of nitrogens with zero attached hydrogens (tertiary/aromatic N) is 2. The molecule has 7 aromatic rings. The summed E-state index contributed by atoms with van der Waals surface area (Å²) in [7, 11) is 0. The molecule has 1 radical (unpaired) electrons. The van der Waals surface area contributed by atoms with E-state index in [0.29, 0.717) is 0 Å². The van der Waals surface area contributed by atoms with Crippen molar-refractivity contribution in [3.8, 4) is 33.6 Å². The molecule has 0 aliphatic heterocycles. The second-order valence-corrected chi connectivity index (χ2v) is 24.5. The van der Waals surface area contributed by atoms with Crippen molar-refractivity contribution in [3.05, 3.63) is 139 Å². The van der Waals surface area contributed by atoms with Crippen LogP contribution in [0.2, 0.25) is 17.3 Å². The van der Waals surface area contributed by atoms with Crippen LogP contribution in [0, 0.1) is 18.1 Å².